The molecular formula is C17H16N2O3. The van der Waals surface area contributed by atoms with Crippen molar-refractivity contribution >= 4 is 11.5 Å². The van der Waals surface area contributed by atoms with Gasteiger partial charge in [-0.25, -0.2) is 4.52 Å². The number of hydrogen-bond acceptors (Lipinski definition) is 3. The lowest BCUT2D eigenvalue weighted by Crippen LogP contribution is -2.01. The zero-order valence-electron chi connectivity index (χ0n) is 12.4. The van der Waals surface area contributed by atoms with Gasteiger partial charge in [0.1, 0.15) is 5.75 Å². The van der Waals surface area contributed by atoms with Crippen LogP contribution in [0.2, 0.25) is 0 Å². The fourth-order valence-electron chi connectivity index (χ4n) is 2.77. The molecule has 3 aromatic rings. The van der Waals surface area contributed by atoms with Gasteiger partial charge in [0.25, 0.3) is 0 Å². The van der Waals surface area contributed by atoms with Crippen LogP contribution in [0.5, 0.6) is 5.75 Å². The molecule has 5 nitrogen and oxygen atoms in total. The second-order valence-corrected chi connectivity index (χ2v) is 5.09. The molecule has 112 valence electrons. The highest BCUT2D eigenvalue weighted by Crippen LogP contribution is 2.34. The first-order chi connectivity index (χ1) is 10.6. The highest BCUT2D eigenvalue weighted by Gasteiger charge is 2.15. The zero-order chi connectivity index (χ0) is 15.7. The molecule has 1 N–H and O–H groups in total. The van der Waals surface area contributed by atoms with E-state index in [1.807, 2.05) is 43.5 Å². The molecule has 0 saturated carbocycles. The third-order valence-electron chi connectivity index (χ3n) is 3.75. The Balaban J connectivity index is 2.23. The van der Waals surface area contributed by atoms with Crippen molar-refractivity contribution in [2.75, 3.05) is 7.11 Å². The molecule has 2 heterocycles. The summed E-state index contributed by atoms with van der Waals surface area (Å²) < 4.78 is 7.14. The number of carboxylic acid groups (broad SMARTS) is 1. The molecule has 0 unspecified atom stereocenters. The Morgan fingerprint density at radius 3 is 2.77 bits per heavy atom. The van der Waals surface area contributed by atoms with Crippen LogP contribution < -0.4 is 4.74 Å². The Hall–Kier alpha value is -2.82. The summed E-state index contributed by atoms with van der Waals surface area (Å²) in [6.07, 6.45) is 3.41. The van der Waals surface area contributed by atoms with Crippen LogP contribution in [0.15, 0.2) is 42.7 Å². The Morgan fingerprint density at radius 1 is 1.27 bits per heavy atom. The smallest absolute Gasteiger partial charge is 0.307 e. The first-order valence-electron chi connectivity index (χ1n) is 6.93. The summed E-state index contributed by atoms with van der Waals surface area (Å²) in [5.41, 5.74) is 4.53. The second kappa shape index (κ2) is 5.52. The quantitative estimate of drug-likeness (QED) is 0.804. The van der Waals surface area contributed by atoms with Crippen molar-refractivity contribution in [3.63, 3.8) is 0 Å². The fourth-order valence-corrected chi connectivity index (χ4v) is 2.77. The fraction of sp³-hybridized carbons (Fsp3) is 0.176. The average molecular weight is 296 g/mol. The lowest BCUT2D eigenvalue weighted by molar-refractivity contribution is -0.136. The highest BCUT2D eigenvalue weighted by atomic mass is 16.5. The van der Waals surface area contributed by atoms with Crippen molar-refractivity contribution in [3.05, 3.63) is 53.9 Å². The normalized spacial score (nSPS) is 10.8. The molecule has 5 heteroatoms. The number of hydrogen-bond donors (Lipinski definition) is 1. The number of aliphatic carboxylic acids is 1. The minimum atomic E-state index is -0.864. The first kappa shape index (κ1) is 14.1. The molecular weight excluding hydrogens is 280 g/mol. The molecule has 0 spiro atoms. The summed E-state index contributed by atoms with van der Waals surface area (Å²) in [7, 11) is 1.64. The van der Waals surface area contributed by atoms with E-state index in [0.717, 1.165) is 28.0 Å². The third-order valence-corrected chi connectivity index (χ3v) is 3.75. The predicted molar refractivity (Wildman–Crippen MR) is 83.3 cm³/mol. The Bertz CT molecular complexity index is 852. The summed E-state index contributed by atoms with van der Waals surface area (Å²) in [5, 5.41) is 13.3. The number of methoxy groups -OCH3 is 1. The molecule has 0 aliphatic carbocycles. The van der Waals surface area contributed by atoms with Gasteiger partial charge >= 0.3 is 5.97 Å². The monoisotopic (exact) mass is 296 g/mol. The zero-order valence-corrected chi connectivity index (χ0v) is 12.4. The molecule has 22 heavy (non-hydrogen) atoms. The van der Waals surface area contributed by atoms with Gasteiger partial charge in [-0.05, 0) is 30.2 Å². The van der Waals surface area contributed by atoms with Crippen LogP contribution >= 0.6 is 0 Å². The molecule has 2 aromatic heterocycles. The minimum absolute atomic E-state index is 0.0419. The number of nitrogens with zero attached hydrogens (tertiary/aromatic N) is 2. The molecule has 0 saturated heterocycles. The molecule has 0 atom stereocenters. The van der Waals surface area contributed by atoms with E-state index < -0.39 is 5.97 Å². The van der Waals surface area contributed by atoms with Gasteiger partial charge < -0.3 is 9.84 Å². The largest absolute Gasteiger partial charge is 0.496 e. The van der Waals surface area contributed by atoms with Crippen LogP contribution in [0.4, 0.5) is 0 Å². The third kappa shape index (κ3) is 2.30. The van der Waals surface area contributed by atoms with E-state index in [0.29, 0.717) is 5.56 Å². The van der Waals surface area contributed by atoms with E-state index in [4.69, 9.17) is 9.84 Å². The molecule has 0 amide bonds. The van der Waals surface area contributed by atoms with Gasteiger partial charge in [0.05, 0.1) is 25.2 Å². The number of carbonyl (C=O) groups is 1. The molecule has 0 radical (unpaired) electrons. The topological polar surface area (TPSA) is 63.8 Å². The number of ether oxygens (including phenoxy) is 1. The lowest BCUT2D eigenvalue weighted by Gasteiger charge is -2.12. The standard InChI is InChI=1S/C17H16N2O3/c1-11-13(14-5-3-4-6-15(14)22-2)7-8-19-17(11)12(10-18-19)9-16(20)21/h3-8,10H,9H2,1-2H3,(H,20,21). The summed E-state index contributed by atoms with van der Waals surface area (Å²) in [6, 6.07) is 9.75. The summed E-state index contributed by atoms with van der Waals surface area (Å²) in [4.78, 5) is 11.0. The van der Waals surface area contributed by atoms with Crippen LogP contribution in [0, 0.1) is 6.92 Å². The Kier molecular flexibility index (Phi) is 3.55. The van der Waals surface area contributed by atoms with Gasteiger partial charge in [0, 0.05) is 17.3 Å². The minimum Gasteiger partial charge on any atom is -0.496 e. The van der Waals surface area contributed by atoms with Crippen molar-refractivity contribution in [2.45, 2.75) is 13.3 Å². The molecule has 0 fully saturated rings. The van der Waals surface area contributed by atoms with Crippen molar-refractivity contribution in [1.82, 2.24) is 9.61 Å². The van der Waals surface area contributed by atoms with Gasteiger partial charge in [0.2, 0.25) is 0 Å². The SMILES string of the molecule is COc1ccccc1-c1ccn2ncc(CC(=O)O)c2c1C. The molecule has 0 aliphatic rings. The second-order valence-electron chi connectivity index (χ2n) is 5.09. The van der Waals surface area contributed by atoms with Crippen molar-refractivity contribution in [2.24, 2.45) is 0 Å². The van der Waals surface area contributed by atoms with E-state index in [2.05, 4.69) is 5.10 Å². The van der Waals surface area contributed by atoms with E-state index in [9.17, 15) is 4.79 Å². The number of benzene rings is 1. The van der Waals surface area contributed by atoms with Gasteiger partial charge in [0.15, 0.2) is 0 Å². The summed E-state index contributed by atoms with van der Waals surface area (Å²) in [5.74, 6) is -0.0776. The number of aromatic nitrogens is 2. The van der Waals surface area contributed by atoms with Crippen molar-refractivity contribution < 1.29 is 14.6 Å². The number of para-hydroxylation sites is 1. The van der Waals surface area contributed by atoms with E-state index >= 15 is 0 Å². The van der Waals surface area contributed by atoms with Gasteiger partial charge in [-0.15, -0.1) is 0 Å². The van der Waals surface area contributed by atoms with Crippen molar-refractivity contribution in [1.29, 1.82) is 0 Å². The number of rotatable bonds is 4. The number of carboxylic acids is 1. The maximum absolute atomic E-state index is 11.0. The summed E-state index contributed by atoms with van der Waals surface area (Å²) >= 11 is 0. The molecule has 0 bridgehead atoms. The first-order valence-corrected chi connectivity index (χ1v) is 6.93. The molecule has 0 aliphatic heterocycles. The van der Waals surface area contributed by atoms with Crippen LogP contribution in [-0.4, -0.2) is 27.8 Å². The maximum Gasteiger partial charge on any atom is 0.307 e. The van der Waals surface area contributed by atoms with E-state index in [1.165, 1.54) is 0 Å². The maximum atomic E-state index is 11.0. The Labute approximate surface area is 127 Å². The molecule has 1 aromatic carbocycles. The van der Waals surface area contributed by atoms with E-state index in [-0.39, 0.29) is 6.42 Å². The summed E-state index contributed by atoms with van der Waals surface area (Å²) in [6.45, 7) is 1.98. The number of fused-ring (bicyclic) bond motifs is 1. The van der Waals surface area contributed by atoms with Crippen LogP contribution in [0.3, 0.4) is 0 Å². The highest BCUT2D eigenvalue weighted by molar-refractivity contribution is 5.82. The predicted octanol–water partition coefficient (Wildman–Crippen LogP) is 2.95. The Morgan fingerprint density at radius 2 is 2.05 bits per heavy atom. The van der Waals surface area contributed by atoms with Gasteiger partial charge in [-0.2, -0.15) is 5.10 Å². The van der Waals surface area contributed by atoms with Crippen LogP contribution in [0.1, 0.15) is 11.1 Å². The number of aryl methyl sites for hydroxylation is 1. The van der Waals surface area contributed by atoms with Crippen LogP contribution in [0.25, 0.3) is 16.6 Å². The van der Waals surface area contributed by atoms with Gasteiger partial charge in [-0.3, -0.25) is 4.79 Å². The van der Waals surface area contributed by atoms with E-state index in [1.54, 1.807) is 17.8 Å². The average Bonchev–Trinajstić information content (AvgIpc) is 2.91. The van der Waals surface area contributed by atoms with Gasteiger partial charge in [-0.1, -0.05) is 18.2 Å². The lowest BCUT2D eigenvalue weighted by atomic mass is 9.98. The number of pyridine rings is 1. The molecule has 3 rings (SSSR count). The van der Waals surface area contributed by atoms with Crippen LogP contribution in [-0.2, 0) is 11.2 Å². The van der Waals surface area contributed by atoms with Crippen molar-refractivity contribution in [3.8, 4) is 16.9 Å².